The number of amides is 1. The molecule has 0 radical (unpaired) electrons. The molecule has 150 valence electrons. The maximum Gasteiger partial charge on any atom is 0.270 e. The molecule has 0 unspecified atom stereocenters. The van der Waals surface area contributed by atoms with E-state index < -0.39 is 0 Å². The first-order valence-corrected chi connectivity index (χ1v) is 9.34. The summed E-state index contributed by atoms with van der Waals surface area (Å²) in [6, 6.07) is 16.7. The molecule has 3 aromatic rings. The van der Waals surface area contributed by atoms with Crippen LogP contribution in [0.5, 0.6) is 11.5 Å². The first-order chi connectivity index (χ1) is 14.1. The molecule has 7 heteroatoms. The molecule has 0 spiro atoms. The van der Waals surface area contributed by atoms with Crippen LogP contribution in [-0.4, -0.2) is 29.6 Å². The van der Waals surface area contributed by atoms with Crippen LogP contribution in [-0.2, 0) is 6.54 Å². The van der Waals surface area contributed by atoms with E-state index in [1.807, 2.05) is 55.5 Å². The number of rotatable bonds is 8. The van der Waals surface area contributed by atoms with Gasteiger partial charge in [-0.1, -0.05) is 24.3 Å². The number of para-hydroxylation sites is 2. The normalized spacial score (nSPS) is 10.3. The number of anilines is 2. The van der Waals surface area contributed by atoms with Gasteiger partial charge in [-0.05, 0) is 43.7 Å². The van der Waals surface area contributed by atoms with E-state index in [2.05, 4.69) is 20.6 Å². The van der Waals surface area contributed by atoms with Crippen molar-refractivity contribution in [2.75, 3.05) is 19.0 Å². The van der Waals surface area contributed by atoms with Gasteiger partial charge < -0.3 is 20.1 Å². The summed E-state index contributed by atoms with van der Waals surface area (Å²) in [6.07, 6.45) is 0. The molecule has 1 heterocycles. The van der Waals surface area contributed by atoms with Crippen LogP contribution in [0.3, 0.4) is 0 Å². The van der Waals surface area contributed by atoms with Gasteiger partial charge >= 0.3 is 0 Å². The van der Waals surface area contributed by atoms with E-state index in [4.69, 9.17) is 9.47 Å². The lowest BCUT2D eigenvalue weighted by molar-refractivity contribution is 0.0945. The van der Waals surface area contributed by atoms with E-state index >= 15 is 0 Å². The smallest absolute Gasteiger partial charge is 0.270 e. The molecule has 2 N–H and O–H groups in total. The number of aromatic nitrogens is 2. The number of hydrogen-bond donors (Lipinski definition) is 2. The van der Waals surface area contributed by atoms with Crippen LogP contribution < -0.4 is 20.1 Å². The Morgan fingerprint density at radius 3 is 2.55 bits per heavy atom. The lowest BCUT2D eigenvalue weighted by Crippen LogP contribution is -2.24. The molecule has 1 aromatic heterocycles. The summed E-state index contributed by atoms with van der Waals surface area (Å²) in [5.74, 6) is 2.25. The molecule has 7 nitrogen and oxygen atoms in total. The van der Waals surface area contributed by atoms with Crippen molar-refractivity contribution >= 4 is 17.4 Å². The van der Waals surface area contributed by atoms with Gasteiger partial charge in [-0.25, -0.2) is 9.97 Å². The van der Waals surface area contributed by atoms with Crippen molar-refractivity contribution in [1.82, 2.24) is 15.3 Å². The Balaban J connectivity index is 1.71. The lowest BCUT2D eigenvalue weighted by atomic mass is 10.2. The molecule has 0 atom stereocenters. The maximum absolute atomic E-state index is 12.6. The fraction of sp³-hybridized carbons (Fsp3) is 0.227. The molecule has 0 aliphatic heterocycles. The molecule has 0 aliphatic carbocycles. The Kier molecular flexibility index (Phi) is 6.63. The molecule has 0 aliphatic rings. The van der Waals surface area contributed by atoms with Gasteiger partial charge in [-0.3, -0.25) is 4.79 Å². The van der Waals surface area contributed by atoms with Crippen LogP contribution in [0.15, 0.2) is 54.6 Å². The van der Waals surface area contributed by atoms with Crippen molar-refractivity contribution in [2.45, 2.75) is 20.4 Å². The molecule has 0 saturated heterocycles. The quantitative estimate of drug-likeness (QED) is 0.605. The predicted octanol–water partition coefficient (Wildman–Crippen LogP) is 3.87. The third-order valence-electron chi connectivity index (χ3n) is 4.13. The Hall–Kier alpha value is -3.61. The van der Waals surface area contributed by atoms with E-state index in [0.717, 1.165) is 22.7 Å². The second-order valence-electron chi connectivity index (χ2n) is 6.27. The van der Waals surface area contributed by atoms with Gasteiger partial charge in [0.1, 0.15) is 28.8 Å². The summed E-state index contributed by atoms with van der Waals surface area (Å²) in [7, 11) is 1.62. The fourth-order valence-corrected chi connectivity index (χ4v) is 2.75. The second-order valence-corrected chi connectivity index (χ2v) is 6.27. The van der Waals surface area contributed by atoms with Crippen LogP contribution in [0.25, 0.3) is 0 Å². The number of aryl methyl sites for hydroxylation is 1. The third-order valence-corrected chi connectivity index (χ3v) is 4.13. The number of nitrogens with zero attached hydrogens (tertiary/aromatic N) is 2. The highest BCUT2D eigenvalue weighted by Crippen LogP contribution is 2.26. The van der Waals surface area contributed by atoms with Gasteiger partial charge in [0.15, 0.2) is 0 Å². The molecule has 0 bridgehead atoms. The predicted molar refractivity (Wildman–Crippen MR) is 112 cm³/mol. The average molecular weight is 392 g/mol. The molecule has 3 rings (SSSR count). The van der Waals surface area contributed by atoms with Gasteiger partial charge in [0, 0.05) is 12.6 Å². The van der Waals surface area contributed by atoms with Crippen molar-refractivity contribution in [3.63, 3.8) is 0 Å². The molecule has 0 fully saturated rings. The minimum atomic E-state index is -0.271. The lowest BCUT2D eigenvalue weighted by Gasteiger charge is -2.13. The average Bonchev–Trinajstić information content (AvgIpc) is 2.73. The number of carbonyl (C=O) groups excluding carboxylic acids is 1. The molecule has 2 aromatic carbocycles. The minimum Gasteiger partial charge on any atom is -0.497 e. The summed E-state index contributed by atoms with van der Waals surface area (Å²) in [6.45, 7) is 4.62. The fourth-order valence-electron chi connectivity index (χ4n) is 2.75. The summed E-state index contributed by atoms with van der Waals surface area (Å²) in [4.78, 5) is 21.2. The third kappa shape index (κ3) is 5.44. The van der Waals surface area contributed by atoms with E-state index in [1.165, 1.54) is 0 Å². The Labute approximate surface area is 170 Å². The first-order valence-electron chi connectivity index (χ1n) is 9.34. The van der Waals surface area contributed by atoms with Crippen molar-refractivity contribution in [2.24, 2.45) is 0 Å². The van der Waals surface area contributed by atoms with Gasteiger partial charge in [0.25, 0.3) is 5.91 Å². The van der Waals surface area contributed by atoms with Crippen LogP contribution in [0, 0.1) is 6.92 Å². The zero-order chi connectivity index (χ0) is 20.6. The first kappa shape index (κ1) is 20.1. The summed E-state index contributed by atoms with van der Waals surface area (Å²) >= 11 is 0. The van der Waals surface area contributed by atoms with E-state index in [-0.39, 0.29) is 5.91 Å². The van der Waals surface area contributed by atoms with Gasteiger partial charge in [-0.15, -0.1) is 0 Å². The largest absolute Gasteiger partial charge is 0.497 e. The second kappa shape index (κ2) is 9.54. The number of ether oxygens (including phenoxy) is 2. The highest BCUT2D eigenvalue weighted by atomic mass is 16.5. The Bertz CT molecular complexity index is 974. The molecular formula is C22H24N4O3. The van der Waals surface area contributed by atoms with E-state index in [0.29, 0.717) is 30.5 Å². The molecule has 29 heavy (non-hydrogen) atoms. The zero-order valence-electron chi connectivity index (χ0n) is 16.7. The van der Waals surface area contributed by atoms with Crippen LogP contribution >= 0.6 is 0 Å². The number of methoxy groups -OCH3 is 1. The van der Waals surface area contributed by atoms with Crippen molar-refractivity contribution in [3.8, 4) is 11.5 Å². The van der Waals surface area contributed by atoms with E-state index in [1.54, 1.807) is 20.1 Å². The number of carbonyl (C=O) groups is 1. The minimum absolute atomic E-state index is 0.271. The Morgan fingerprint density at radius 2 is 1.83 bits per heavy atom. The van der Waals surface area contributed by atoms with Gasteiger partial charge in [-0.2, -0.15) is 0 Å². The van der Waals surface area contributed by atoms with Gasteiger partial charge in [0.2, 0.25) is 0 Å². The molecule has 1 amide bonds. The van der Waals surface area contributed by atoms with Crippen LogP contribution in [0.4, 0.5) is 11.5 Å². The highest BCUT2D eigenvalue weighted by Gasteiger charge is 2.12. The number of nitrogens with one attached hydrogen (secondary N) is 2. The zero-order valence-corrected chi connectivity index (χ0v) is 16.7. The van der Waals surface area contributed by atoms with Gasteiger partial charge in [0.05, 0.1) is 19.4 Å². The van der Waals surface area contributed by atoms with Crippen molar-refractivity contribution in [3.05, 3.63) is 71.7 Å². The maximum atomic E-state index is 12.6. The monoisotopic (exact) mass is 392 g/mol. The van der Waals surface area contributed by atoms with Crippen molar-refractivity contribution in [1.29, 1.82) is 0 Å². The van der Waals surface area contributed by atoms with Crippen molar-refractivity contribution < 1.29 is 14.3 Å². The topological polar surface area (TPSA) is 85.4 Å². The summed E-state index contributed by atoms with van der Waals surface area (Å²) in [5, 5.41) is 6.09. The standard InChI is InChI=1S/C22H24N4O3/c1-4-29-20-8-6-5-7-18(20)26-21-13-19(24-15(2)25-21)22(27)23-14-16-9-11-17(28-3)12-10-16/h5-13H,4,14H2,1-3H3,(H,23,27)(H,24,25,26). The molecular weight excluding hydrogens is 368 g/mol. The summed E-state index contributed by atoms with van der Waals surface area (Å²) in [5.41, 5.74) is 2.04. The number of hydrogen-bond acceptors (Lipinski definition) is 6. The molecule has 0 saturated carbocycles. The SMILES string of the molecule is CCOc1ccccc1Nc1cc(C(=O)NCc2ccc(OC)cc2)nc(C)n1. The summed E-state index contributed by atoms with van der Waals surface area (Å²) < 4.78 is 10.8. The van der Waals surface area contributed by atoms with Crippen LogP contribution in [0.2, 0.25) is 0 Å². The Morgan fingerprint density at radius 1 is 1.07 bits per heavy atom. The number of benzene rings is 2. The van der Waals surface area contributed by atoms with E-state index in [9.17, 15) is 4.79 Å². The highest BCUT2D eigenvalue weighted by molar-refractivity contribution is 5.93. The van der Waals surface area contributed by atoms with Crippen LogP contribution in [0.1, 0.15) is 28.8 Å².